The van der Waals surface area contributed by atoms with Crippen molar-refractivity contribution in [2.24, 2.45) is 11.1 Å². The second kappa shape index (κ2) is 6.34. The minimum atomic E-state index is -0.470. The topological polar surface area (TPSA) is 55.1 Å². The number of nitrogens with one attached hydrogen (secondary N) is 1. The summed E-state index contributed by atoms with van der Waals surface area (Å²) in [7, 11) is 0. The van der Waals surface area contributed by atoms with E-state index >= 15 is 0 Å². The van der Waals surface area contributed by atoms with Crippen molar-refractivity contribution < 1.29 is 4.79 Å². The normalized spacial score (nSPS) is 13.2. The maximum atomic E-state index is 11.8. The first kappa shape index (κ1) is 15.2. The molecular formula is C14H21BrN2O. The third-order valence-electron chi connectivity index (χ3n) is 2.84. The Labute approximate surface area is 117 Å². The lowest BCUT2D eigenvalue weighted by Crippen LogP contribution is -2.48. The summed E-state index contributed by atoms with van der Waals surface area (Å²) in [5.74, 6) is -0.0837. The molecule has 0 aliphatic rings. The van der Waals surface area contributed by atoms with Crippen LogP contribution in [0.4, 0.5) is 0 Å². The number of benzene rings is 1. The third kappa shape index (κ3) is 4.78. The molecule has 0 bridgehead atoms. The van der Waals surface area contributed by atoms with E-state index in [1.165, 1.54) is 5.56 Å². The van der Waals surface area contributed by atoms with Crippen LogP contribution in [0.3, 0.4) is 0 Å². The quantitative estimate of drug-likeness (QED) is 0.897. The molecule has 0 radical (unpaired) electrons. The fraction of sp³-hybridized carbons (Fsp3) is 0.500. The largest absolute Gasteiger partial charge is 0.354 e. The SMILES string of the molecule is CC(C)(C)[C@H](N)C(=O)NCCc1ccc(Br)cc1. The molecule has 4 heteroatoms. The van der Waals surface area contributed by atoms with Crippen molar-refractivity contribution in [3.8, 4) is 0 Å². The highest BCUT2D eigenvalue weighted by Crippen LogP contribution is 2.17. The van der Waals surface area contributed by atoms with Crippen LogP contribution in [0.15, 0.2) is 28.7 Å². The lowest BCUT2D eigenvalue weighted by atomic mass is 9.87. The second-order valence-electron chi connectivity index (χ2n) is 5.51. The van der Waals surface area contributed by atoms with E-state index in [-0.39, 0.29) is 11.3 Å². The number of hydrogen-bond acceptors (Lipinski definition) is 2. The van der Waals surface area contributed by atoms with Crippen molar-refractivity contribution >= 4 is 21.8 Å². The first-order valence-electron chi connectivity index (χ1n) is 6.08. The molecule has 0 heterocycles. The van der Waals surface area contributed by atoms with E-state index in [9.17, 15) is 4.79 Å². The fourth-order valence-electron chi connectivity index (χ4n) is 1.48. The summed E-state index contributed by atoms with van der Waals surface area (Å²) in [6.07, 6.45) is 0.815. The first-order valence-corrected chi connectivity index (χ1v) is 6.88. The molecule has 0 saturated heterocycles. The standard InChI is InChI=1S/C14H21BrN2O/c1-14(2,3)12(16)13(18)17-9-8-10-4-6-11(15)7-5-10/h4-7,12H,8-9,16H2,1-3H3,(H,17,18)/t12-/m1/s1. The molecule has 0 saturated carbocycles. The van der Waals surface area contributed by atoms with Crippen LogP contribution in [0, 0.1) is 5.41 Å². The van der Waals surface area contributed by atoms with Crippen molar-refractivity contribution in [3.63, 3.8) is 0 Å². The van der Waals surface area contributed by atoms with Crippen molar-refractivity contribution in [2.45, 2.75) is 33.2 Å². The molecule has 0 aliphatic heterocycles. The highest BCUT2D eigenvalue weighted by molar-refractivity contribution is 9.10. The highest BCUT2D eigenvalue weighted by atomic mass is 79.9. The number of nitrogens with two attached hydrogens (primary N) is 1. The summed E-state index contributed by atoms with van der Waals surface area (Å²) in [6, 6.07) is 7.61. The molecule has 0 fully saturated rings. The summed E-state index contributed by atoms with van der Waals surface area (Å²) in [6.45, 7) is 6.51. The molecule has 0 unspecified atom stereocenters. The van der Waals surface area contributed by atoms with Gasteiger partial charge in [0.05, 0.1) is 6.04 Å². The number of amides is 1. The molecule has 0 aromatic heterocycles. The number of rotatable bonds is 4. The van der Waals surface area contributed by atoms with Gasteiger partial charge in [0, 0.05) is 11.0 Å². The molecule has 3 N–H and O–H groups in total. The fourth-order valence-corrected chi connectivity index (χ4v) is 1.75. The Kier molecular flexibility index (Phi) is 5.35. The number of halogens is 1. The molecule has 3 nitrogen and oxygen atoms in total. The Balaban J connectivity index is 2.38. The summed E-state index contributed by atoms with van der Waals surface area (Å²) in [4.78, 5) is 11.8. The summed E-state index contributed by atoms with van der Waals surface area (Å²) in [5, 5.41) is 2.88. The number of carbonyl (C=O) groups is 1. The van der Waals surface area contributed by atoms with Crippen molar-refractivity contribution in [2.75, 3.05) is 6.54 Å². The van der Waals surface area contributed by atoms with Gasteiger partial charge in [0.15, 0.2) is 0 Å². The zero-order chi connectivity index (χ0) is 13.8. The van der Waals surface area contributed by atoms with E-state index in [0.717, 1.165) is 10.9 Å². The van der Waals surface area contributed by atoms with Crippen LogP contribution in [-0.4, -0.2) is 18.5 Å². The van der Waals surface area contributed by atoms with Gasteiger partial charge in [-0.1, -0.05) is 48.8 Å². The van der Waals surface area contributed by atoms with Crippen molar-refractivity contribution in [1.82, 2.24) is 5.32 Å². The summed E-state index contributed by atoms with van der Waals surface area (Å²) < 4.78 is 1.06. The number of hydrogen-bond donors (Lipinski definition) is 2. The molecule has 0 aliphatic carbocycles. The monoisotopic (exact) mass is 312 g/mol. The maximum Gasteiger partial charge on any atom is 0.237 e. The first-order chi connectivity index (χ1) is 8.30. The van der Waals surface area contributed by atoms with E-state index < -0.39 is 6.04 Å². The number of carbonyl (C=O) groups excluding carboxylic acids is 1. The lowest BCUT2D eigenvalue weighted by molar-refractivity contribution is -0.124. The van der Waals surface area contributed by atoms with E-state index in [1.807, 2.05) is 45.0 Å². The molecular weight excluding hydrogens is 292 g/mol. The minimum absolute atomic E-state index is 0.0837. The Bertz CT molecular complexity index is 395. The van der Waals surface area contributed by atoms with Gasteiger partial charge in [0.1, 0.15) is 0 Å². The second-order valence-corrected chi connectivity index (χ2v) is 6.43. The van der Waals surface area contributed by atoms with Gasteiger partial charge in [-0.3, -0.25) is 4.79 Å². The maximum absolute atomic E-state index is 11.8. The molecule has 1 aromatic carbocycles. The summed E-state index contributed by atoms with van der Waals surface area (Å²) in [5.41, 5.74) is 6.87. The third-order valence-corrected chi connectivity index (χ3v) is 3.37. The minimum Gasteiger partial charge on any atom is -0.354 e. The Morgan fingerprint density at radius 1 is 1.33 bits per heavy atom. The van der Waals surface area contributed by atoms with Gasteiger partial charge in [-0.15, -0.1) is 0 Å². The molecule has 0 spiro atoms. The molecule has 1 aromatic rings. The van der Waals surface area contributed by atoms with E-state index in [1.54, 1.807) is 0 Å². The van der Waals surface area contributed by atoms with Crippen LogP contribution in [0.1, 0.15) is 26.3 Å². The van der Waals surface area contributed by atoms with Crippen LogP contribution in [-0.2, 0) is 11.2 Å². The van der Waals surface area contributed by atoms with Gasteiger partial charge in [-0.2, -0.15) is 0 Å². The van der Waals surface area contributed by atoms with Crippen LogP contribution < -0.4 is 11.1 Å². The zero-order valence-electron chi connectivity index (χ0n) is 11.2. The van der Waals surface area contributed by atoms with E-state index in [4.69, 9.17) is 5.73 Å². The van der Waals surface area contributed by atoms with Gasteiger partial charge in [-0.05, 0) is 29.5 Å². The van der Waals surface area contributed by atoms with E-state index in [0.29, 0.717) is 6.54 Å². The highest BCUT2D eigenvalue weighted by Gasteiger charge is 2.26. The van der Waals surface area contributed by atoms with Crippen molar-refractivity contribution in [1.29, 1.82) is 0 Å². The molecule has 1 amide bonds. The smallest absolute Gasteiger partial charge is 0.237 e. The van der Waals surface area contributed by atoms with Crippen LogP contribution in [0.25, 0.3) is 0 Å². The Morgan fingerprint density at radius 3 is 2.39 bits per heavy atom. The van der Waals surface area contributed by atoms with Crippen molar-refractivity contribution in [3.05, 3.63) is 34.3 Å². The Hall–Kier alpha value is -0.870. The molecule has 1 rings (SSSR count). The van der Waals surface area contributed by atoms with Crippen LogP contribution in [0.2, 0.25) is 0 Å². The lowest BCUT2D eigenvalue weighted by Gasteiger charge is -2.25. The molecule has 1 atom stereocenters. The Morgan fingerprint density at radius 2 is 1.89 bits per heavy atom. The molecule has 100 valence electrons. The zero-order valence-corrected chi connectivity index (χ0v) is 12.8. The van der Waals surface area contributed by atoms with E-state index in [2.05, 4.69) is 21.2 Å². The predicted molar refractivity (Wildman–Crippen MR) is 78.3 cm³/mol. The van der Waals surface area contributed by atoms with Gasteiger partial charge in [-0.25, -0.2) is 0 Å². The van der Waals surface area contributed by atoms with Gasteiger partial charge >= 0.3 is 0 Å². The van der Waals surface area contributed by atoms with Gasteiger partial charge in [0.25, 0.3) is 0 Å². The van der Waals surface area contributed by atoms with Crippen LogP contribution in [0.5, 0.6) is 0 Å². The average Bonchev–Trinajstić information content (AvgIpc) is 2.29. The predicted octanol–water partition coefficient (Wildman–Crippen LogP) is 2.48. The average molecular weight is 313 g/mol. The van der Waals surface area contributed by atoms with Crippen LogP contribution >= 0.6 is 15.9 Å². The van der Waals surface area contributed by atoms with Gasteiger partial charge < -0.3 is 11.1 Å². The molecule has 18 heavy (non-hydrogen) atoms. The van der Waals surface area contributed by atoms with Gasteiger partial charge in [0.2, 0.25) is 5.91 Å². The summed E-state index contributed by atoms with van der Waals surface area (Å²) >= 11 is 3.39.